The minimum Gasteiger partial charge on any atom is -0.353 e. The van der Waals surface area contributed by atoms with E-state index in [1.54, 1.807) is 18.7 Å². The first-order valence-corrected chi connectivity index (χ1v) is 9.61. The molecular weight excluding hydrogens is 356 g/mol. The summed E-state index contributed by atoms with van der Waals surface area (Å²) in [6, 6.07) is 0.0906. The van der Waals surface area contributed by atoms with Gasteiger partial charge in [0.25, 0.3) is 0 Å². The number of carbonyl (C=O) groups excluding carboxylic acids is 2. The van der Waals surface area contributed by atoms with Gasteiger partial charge in [0, 0.05) is 31.6 Å². The molecule has 1 unspecified atom stereocenters. The van der Waals surface area contributed by atoms with Crippen LogP contribution in [0.3, 0.4) is 0 Å². The molecule has 8 nitrogen and oxygen atoms in total. The van der Waals surface area contributed by atoms with E-state index < -0.39 is 10.0 Å². The van der Waals surface area contributed by atoms with E-state index in [2.05, 4.69) is 15.4 Å². The summed E-state index contributed by atoms with van der Waals surface area (Å²) in [4.78, 5) is 25.4. The highest BCUT2D eigenvalue weighted by Gasteiger charge is 2.28. The second-order valence-corrected chi connectivity index (χ2v) is 7.98. The molecule has 0 aliphatic carbocycles. The fourth-order valence-corrected chi connectivity index (χ4v) is 3.54. The van der Waals surface area contributed by atoms with E-state index in [9.17, 15) is 18.0 Å². The van der Waals surface area contributed by atoms with Crippen LogP contribution < -0.4 is 15.4 Å². The van der Waals surface area contributed by atoms with Gasteiger partial charge >= 0.3 is 0 Å². The van der Waals surface area contributed by atoms with Crippen LogP contribution in [0.5, 0.6) is 0 Å². The Hall–Kier alpha value is -0.900. The maximum absolute atomic E-state index is 12.2. The molecule has 0 aromatic rings. The van der Waals surface area contributed by atoms with Crippen molar-refractivity contribution in [1.29, 1.82) is 0 Å². The van der Waals surface area contributed by atoms with Crippen molar-refractivity contribution in [2.75, 3.05) is 32.4 Å². The minimum absolute atomic E-state index is 0. The van der Waals surface area contributed by atoms with Crippen LogP contribution in [0.25, 0.3) is 0 Å². The van der Waals surface area contributed by atoms with Gasteiger partial charge < -0.3 is 15.5 Å². The van der Waals surface area contributed by atoms with Crippen LogP contribution >= 0.6 is 12.4 Å². The van der Waals surface area contributed by atoms with Gasteiger partial charge in [-0.2, -0.15) is 0 Å². The van der Waals surface area contributed by atoms with Crippen molar-refractivity contribution in [1.82, 2.24) is 20.3 Å². The molecule has 0 aromatic carbocycles. The zero-order chi connectivity index (χ0) is 17.5. The average Bonchev–Trinajstić information content (AvgIpc) is 2.91. The van der Waals surface area contributed by atoms with Crippen molar-refractivity contribution >= 4 is 34.2 Å². The summed E-state index contributed by atoms with van der Waals surface area (Å²) >= 11 is 0. The lowest BCUT2D eigenvalue weighted by atomic mass is 10.2. The van der Waals surface area contributed by atoms with Crippen LogP contribution in [0.15, 0.2) is 0 Å². The van der Waals surface area contributed by atoms with Crippen LogP contribution in [-0.4, -0.2) is 69.7 Å². The van der Waals surface area contributed by atoms with Crippen molar-refractivity contribution in [3.63, 3.8) is 0 Å². The Labute approximate surface area is 150 Å². The Morgan fingerprint density at radius 3 is 2.54 bits per heavy atom. The largest absolute Gasteiger partial charge is 0.353 e. The number of rotatable bonds is 9. The summed E-state index contributed by atoms with van der Waals surface area (Å²) in [6.07, 6.45) is 1.81. The van der Waals surface area contributed by atoms with Gasteiger partial charge in [0.15, 0.2) is 0 Å². The molecule has 1 rings (SSSR count). The maximum atomic E-state index is 12.2. The topological polar surface area (TPSA) is 108 Å². The van der Waals surface area contributed by atoms with Crippen LogP contribution in [0.1, 0.15) is 33.1 Å². The standard InChI is InChI=1S/C14H28N4O4S.ClH/c1-11(2)17-13(19)10-16-23(21,22)8-6-14(20)18-7-4-5-12(18)9-15-3;/h11-12,15-16H,4-10H2,1-3H3,(H,17,19);1H. The Kier molecular flexibility index (Phi) is 10.5. The zero-order valence-corrected chi connectivity index (χ0v) is 16.1. The number of nitrogens with zero attached hydrogens (tertiary/aromatic N) is 1. The lowest BCUT2D eigenvalue weighted by Gasteiger charge is -2.24. The fraction of sp³-hybridized carbons (Fsp3) is 0.857. The van der Waals surface area contributed by atoms with Crippen LogP contribution in [-0.2, 0) is 19.6 Å². The number of hydrogen-bond acceptors (Lipinski definition) is 5. The Bertz CT molecular complexity index is 513. The van der Waals surface area contributed by atoms with E-state index in [0.717, 1.165) is 12.8 Å². The third kappa shape index (κ3) is 8.27. The third-order valence-corrected chi connectivity index (χ3v) is 4.95. The molecule has 1 aliphatic heterocycles. The summed E-state index contributed by atoms with van der Waals surface area (Å²) in [6.45, 7) is 4.67. The molecule has 0 radical (unpaired) electrons. The molecule has 0 bridgehead atoms. The van der Waals surface area contributed by atoms with E-state index in [-0.39, 0.29) is 55.0 Å². The molecule has 142 valence electrons. The third-order valence-electron chi connectivity index (χ3n) is 3.62. The minimum atomic E-state index is -3.64. The summed E-state index contributed by atoms with van der Waals surface area (Å²) in [5, 5.41) is 5.64. The van der Waals surface area contributed by atoms with Gasteiger partial charge in [0.05, 0.1) is 12.3 Å². The Morgan fingerprint density at radius 1 is 1.29 bits per heavy atom. The number of nitrogens with one attached hydrogen (secondary N) is 3. The summed E-state index contributed by atoms with van der Waals surface area (Å²) in [5.74, 6) is -0.841. The highest BCUT2D eigenvalue weighted by atomic mass is 35.5. The molecule has 3 N–H and O–H groups in total. The van der Waals surface area contributed by atoms with Gasteiger partial charge in [0.1, 0.15) is 0 Å². The molecule has 1 saturated heterocycles. The van der Waals surface area contributed by atoms with Crippen molar-refractivity contribution in [2.45, 2.75) is 45.2 Å². The Morgan fingerprint density at radius 2 is 1.96 bits per heavy atom. The molecule has 1 heterocycles. The molecule has 1 aliphatic rings. The van der Waals surface area contributed by atoms with Gasteiger partial charge in [-0.25, -0.2) is 13.1 Å². The number of likely N-dealkylation sites (N-methyl/N-ethyl adjacent to an activating group) is 1. The van der Waals surface area contributed by atoms with Gasteiger partial charge in [0.2, 0.25) is 21.8 Å². The number of amides is 2. The molecule has 1 fully saturated rings. The Balaban J connectivity index is 0.00000529. The number of hydrogen-bond donors (Lipinski definition) is 3. The number of likely N-dealkylation sites (tertiary alicyclic amines) is 1. The summed E-state index contributed by atoms with van der Waals surface area (Å²) in [7, 11) is -1.81. The van der Waals surface area contributed by atoms with Crippen molar-refractivity contribution < 1.29 is 18.0 Å². The molecule has 0 aromatic heterocycles. The zero-order valence-electron chi connectivity index (χ0n) is 14.5. The second-order valence-electron chi connectivity index (χ2n) is 6.05. The SMILES string of the molecule is CNCC1CCCN1C(=O)CCS(=O)(=O)NCC(=O)NC(C)C.Cl. The van der Waals surface area contributed by atoms with Crippen molar-refractivity contribution in [3.8, 4) is 0 Å². The van der Waals surface area contributed by atoms with Crippen LogP contribution in [0.4, 0.5) is 0 Å². The summed E-state index contributed by atoms with van der Waals surface area (Å²) < 4.78 is 26.0. The smallest absolute Gasteiger partial charge is 0.235 e. The summed E-state index contributed by atoms with van der Waals surface area (Å²) in [5.41, 5.74) is 0. The first kappa shape index (κ1) is 23.1. The fourth-order valence-electron chi connectivity index (χ4n) is 2.60. The molecule has 0 saturated carbocycles. The van der Waals surface area contributed by atoms with Gasteiger partial charge in [-0.1, -0.05) is 0 Å². The van der Waals surface area contributed by atoms with Gasteiger partial charge in [-0.15, -0.1) is 12.4 Å². The monoisotopic (exact) mass is 384 g/mol. The number of carbonyl (C=O) groups is 2. The molecule has 24 heavy (non-hydrogen) atoms. The van der Waals surface area contributed by atoms with E-state index >= 15 is 0 Å². The lowest BCUT2D eigenvalue weighted by molar-refractivity contribution is -0.131. The van der Waals surface area contributed by atoms with Crippen LogP contribution in [0.2, 0.25) is 0 Å². The molecule has 0 spiro atoms. The van der Waals surface area contributed by atoms with Gasteiger partial charge in [-0.3, -0.25) is 9.59 Å². The van der Waals surface area contributed by atoms with Crippen molar-refractivity contribution in [2.24, 2.45) is 0 Å². The first-order valence-electron chi connectivity index (χ1n) is 7.96. The second kappa shape index (κ2) is 10.9. The normalized spacial score (nSPS) is 17.7. The lowest BCUT2D eigenvalue weighted by Crippen LogP contribution is -2.43. The van der Waals surface area contributed by atoms with Crippen molar-refractivity contribution in [3.05, 3.63) is 0 Å². The number of halogens is 1. The van der Waals surface area contributed by atoms with E-state index in [1.165, 1.54) is 0 Å². The predicted octanol–water partition coefficient (Wildman–Crippen LogP) is -0.547. The first-order chi connectivity index (χ1) is 10.7. The molecule has 10 heteroatoms. The van der Waals surface area contributed by atoms with Crippen LogP contribution in [0, 0.1) is 0 Å². The van der Waals surface area contributed by atoms with Gasteiger partial charge in [-0.05, 0) is 33.7 Å². The highest BCUT2D eigenvalue weighted by Crippen LogP contribution is 2.17. The predicted molar refractivity (Wildman–Crippen MR) is 95.6 cm³/mol. The van der Waals surface area contributed by atoms with E-state index in [1.807, 2.05) is 7.05 Å². The average molecular weight is 385 g/mol. The van der Waals surface area contributed by atoms with E-state index in [4.69, 9.17) is 0 Å². The number of sulfonamides is 1. The molecule has 2 amide bonds. The maximum Gasteiger partial charge on any atom is 0.235 e. The molecular formula is C14H29ClN4O4S. The molecule has 1 atom stereocenters. The van der Waals surface area contributed by atoms with E-state index in [0.29, 0.717) is 13.1 Å². The quantitative estimate of drug-likeness (QED) is 0.494. The highest BCUT2D eigenvalue weighted by molar-refractivity contribution is 7.89.